The van der Waals surface area contributed by atoms with E-state index in [9.17, 15) is 9.59 Å². The number of hydrogen-bond acceptors (Lipinski definition) is 7. The van der Waals surface area contributed by atoms with Crippen molar-refractivity contribution < 1.29 is 19.1 Å². The molecule has 1 atom stereocenters. The summed E-state index contributed by atoms with van der Waals surface area (Å²) in [5.74, 6) is 1.53. The van der Waals surface area contributed by atoms with Gasteiger partial charge in [0.1, 0.15) is 11.5 Å². The highest BCUT2D eigenvalue weighted by Crippen LogP contribution is 2.34. The van der Waals surface area contributed by atoms with Crippen LogP contribution in [0.2, 0.25) is 0 Å². The Hall–Kier alpha value is -3.59. The molecule has 0 radical (unpaired) electrons. The molecule has 3 aromatic rings. The van der Waals surface area contributed by atoms with Crippen LogP contribution in [0.5, 0.6) is 11.5 Å². The zero-order chi connectivity index (χ0) is 22.7. The first-order valence-corrected chi connectivity index (χ1v) is 10.8. The van der Waals surface area contributed by atoms with Crippen molar-refractivity contribution in [3.63, 3.8) is 0 Å². The molecule has 1 unspecified atom stereocenters. The molecule has 1 aliphatic heterocycles. The number of nitrogens with one attached hydrogen (secondary N) is 1. The van der Waals surface area contributed by atoms with Gasteiger partial charge in [0.05, 0.1) is 23.6 Å². The van der Waals surface area contributed by atoms with Crippen molar-refractivity contribution in [1.29, 1.82) is 0 Å². The summed E-state index contributed by atoms with van der Waals surface area (Å²) in [7, 11) is 1.61. The third-order valence-corrected chi connectivity index (χ3v) is 6.01. The molecule has 0 bridgehead atoms. The number of fused-ring (bicyclic) bond motifs is 1. The number of amides is 1. The van der Waals surface area contributed by atoms with Crippen LogP contribution in [-0.2, 0) is 11.3 Å². The maximum atomic E-state index is 13.1. The highest BCUT2D eigenvalue weighted by atomic mass is 32.2. The first kappa shape index (κ1) is 21.6. The number of thioether (sulfide) groups is 1. The maximum absolute atomic E-state index is 13.1. The van der Waals surface area contributed by atoms with E-state index in [0.717, 1.165) is 5.56 Å². The zero-order valence-corrected chi connectivity index (χ0v) is 18.5. The summed E-state index contributed by atoms with van der Waals surface area (Å²) >= 11 is 1.31. The number of allylic oxidation sites excluding steroid dienone is 1. The van der Waals surface area contributed by atoms with Crippen molar-refractivity contribution in [3.8, 4) is 22.9 Å². The first-order valence-electron chi connectivity index (χ1n) is 9.97. The molecule has 8 nitrogen and oxygen atoms in total. The van der Waals surface area contributed by atoms with E-state index in [2.05, 4.69) is 22.1 Å². The van der Waals surface area contributed by atoms with Crippen molar-refractivity contribution in [2.45, 2.75) is 23.9 Å². The van der Waals surface area contributed by atoms with Gasteiger partial charge in [0.15, 0.2) is 23.4 Å². The molecule has 9 heteroatoms. The number of hydrogen-bond donors (Lipinski definition) is 1. The van der Waals surface area contributed by atoms with E-state index in [1.54, 1.807) is 31.4 Å². The second kappa shape index (κ2) is 9.27. The molecule has 0 aliphatic carbocycles. The van der Waals surface area contributed by atoms with E-state index in [1.807, 2.05) is 35.8 Å². The number of ether oxygens (including phenoxy) is 2. The Labute approximate surface area is 189 Å². The summed E-state index contributed by atoms with van der Waals surface area (Å²) in [6.07, 6.45) is 1.75. The number of Topliss-reactive ketones (excluding diaryl/α,β-unsaturated/α-hetero) is 1. The molecule has 2 heterocycles. The Morgan fingerprint density at radius 1 is 1.34 bits per heavy atom. The second-order valence-corrected chi connectivity index (χ2v) is 8.39. The molecule has 32 heavy (non-hydrogen) atoms. The minimum atomic E-state index is -0.438. The van der Waals surface area contributed by atoms with Gasteiger partial charge in [0, 0.05) is 12.1 Å². The standard InChI is InChI=1S/C23H22N4O4S/c1-4-11-27-22(16-7-5-6-8-18(16)30-3)25-26-23(27)32-14(2)21(29)15-9-10-19-17(12-15)24-20(28)13-31-19/h4-10,12,14H,1,11,13H2,2-3H3,(H,24,28). The minimum Gasteiger partial charge on any atom is -0.496 e. The van der Waals surface area contributed by atoms with Gasteiger partial charge in [-0.3, -0.25) is 14.2 Å². The minimum absolute atomic E-state index is 0.0277. The van der Waals surface area contributed by atoms with Crippen molar-refractivity contribution >= 4 is 29.1 Å². The molecule has 1 N–H and O–H groups in total. The van der Waals surface area contributed by atoms with Gasteiger partial charge < -0.3 is 14.8 Å². The molecule has 164 valence electrons. The van der Waals surface area contributed by atoms with Crippen LogP contribution < -0.4 is 14.8 Å². The fourth-order valence-corrected chi connectivity index (χ4v) is 4.32. The van der Waals surface area contributed by atoms with E-state index < -0.39 is 5.25 Å². The molecule has 2 aromatic carbocycles. The normalized spacial score (nSPS) is 13.5. The van der Waals surface area contributed by atoms with Crippen molar-refractivity contribution in [1.82, 2.24) is 14.8 Å². The fraction of sp³-hybridized carbons (Fsp3) is 0.217. The summed E-state index contributed by atoms with van der Waals surface area (Å²) < 4.78 is 12.7. The van der Waals surface area contributed by atoms with E-state index in [0.29, 0.717) is 40.3 Å². The number of rotatable bonds is 8. The SMILES string of the molecule is C=CCn1c(SC(C)C(=O)c2ccc3c(c2)NC(=O)CO3)nnc1-c1ccccc1OC. The maximum Gasteiger partial charge on any atom is 0.262 e. The molecular weight excluding hydrogens is 428 g/mol. The van der Waals surface area contributed by atoms with Crippen LogP contribution >= 0.6 is 11.8 Å². The monoisotopic (exact) mass is 450 g/mol. The van der Waals surface area contributed by atoms with Gasteiger partial charge in [-0.15, -0.1) is 16.8 Å². The highest BCUT2D eigenvalue weighted by Gasteiger charge is 2.24. The summed E-state index contributed by atoms with van der Waals surface area (Å²) in [4.78, 5) is 24.7. The predicted molar refractivity (Wildman–Crippen MR) is 122 cm³/mol. The number of benzene rings is 2. The predicted octanol–water partition coefficient (Wildman–Crippen LogP) is 3.83. The van der Waals surface area contributed by atoms with Gasteiger partial charge in [-0.2, -0.15) is 0 Å². The van der Waals surface area contributed by atoms with Crippen molar-refractivity contribution in [3.05, 3.63) is 60.7 Å². The van der Waals surface area contributed by atoms with Crippen LogP contribution in [0.1, 0.15) is 17.3 Å². The molecule has 1 aliphatic rings. The van der Waals surface area contributed by atoms with Crippen LogP contribution in [-0.4, -0.2) is 45.4 Å². The summed E-state index contributed by atoms with van der Waals surface area (Å²) in [6, 6.07) is 12.6. The van der Waals surface area contributed by atoms with E-state index >= 15 is 0 Å². The highest BCUT2D eigenvalue weighted by molar-refractivity contribution is 8.00. The summed E-state index contributed by atoms with van der Waals surface area (Å²) in [6.45, 7) is 6.10. The van der Waals surface area contributed by atoms with Crippen LogP contribution in [0.4, 0.5) is 5.69 Å². The number of methoxy groups -OCH3 is 1. The number of para-hydroxylation sites is 1. The number of aromatic nitrogens is 3. The molecule has 1 aromatic heterocycles. The van der Waals surface area contributed by atoms with Gasteiger partial charge >= 0.3 is 0 Å². The molecule has 0 fully saturated rings. The smallest absolute Gasteiger partial charge is 0.262 e. The average Bonchev–Trinajstić information content (AvgIpc) is 3.20. The van der Waals surface area contributed by atoms with E-state index in [-0.39, 0.29) is 18.3 Å². The molecule has 0 spiro atoms. The Kier molecular flexibility index (Phi) is 6.27. The van der Waals surface area contributed by atoms with E-state index in [1.165, 1.54) is 11.8 Å². The van der Waals surface area contributed by atoms with Gasteiger partial charge in [0.2, 0.25) is 0 Å². The van der Waals surface area contributed by atoms with Crippen LogP contribution in [0, 0.1) is 0 Å². The van der Waals surface area contributed by atoms with Gasteiger partial charge in [-0.1, -0.05) is 30.0 Å². The van der Waals surface area contributed by atoms with E-state index in [4.69, 9.17) is 9.47 Å². The largest absolute Gasteiger partial charge is 0.496 e. The second-order valence-electron chi connectivity index (χ2n) is 7.08. The Morgan fingerprint density at radius 2 is 2.16 bits per heavy atom. The molecule has 1 amide bonds. The molecule has 0 saturated heterocycles. The zero-order valence-electron chi connectivity index (χ0n) is 17.7. The quantitative estimate of drug-likeness (QED) is 0.317. The number of carbonyl (C=O) groups excluding carboxylic acids is 2. The van der Waals surface area contributed by atoms with Crippen LogP contribution in [0.15, 0.2) is 60.3 Å². The number of nitrogens with zero attached hydrogens (tertiary/aromatic N) is 3. The fourth-order valence-electron chi connectivity index (χ4n) is 3.38. The Morgan fingerprint density at radius 3 is 2.94 bits per heavy atom. The van der Waals surface area contributed by atoms with Crippen molar-refractivity contribution in [2.24, 2.45) is 0 Å². The molecular formula is C23H22N4O4S. The number of ketones is 1. The number of carbonyl (C=O) groups is 2. The molecule has 4 rings (SSSR count). The van der Waals surface area contributed by atoms with Gasteiger partial charge in [-0.25, -0.2) is 0 Å². The van der Waals surface area contributed by atoms with Crippen LogP contribution in [0.25, 0.3) is 11.4 Å². The van der Waals surface area contributed by atoms with Gasteiger partial charge in [-0.05, 0) is 37.3 Å². The lowest BCUT2D eigenvalue weighted by Crippen LogP contribution is -2.25. The Balaban J connectivity index is 1.59. The lowest BCUT2D eigenvalue weighted by molar-refractivity contribution is -0.118. The number of anilines is 1. The third kappa shape index (κ3) is 4.24. The molecule has 0 saturated carbocycles. The average molecular weight is 451 g/mol. The summed E-state index contributed by atoms with van der Waals surface area (Å²) in [5, 5.41) is 11.6. The first-order chi connectivity index (χ1) is 15.5. The van der Waals surface area contributed by atoms with Crippen molar-refractivity contribution in [2.75, 3.05) is 19.0 Å². The van der Waals surface area contributed by atoms with Gasteiger partial charge in [0.25, 0.3) is 5.91 Å². The lowest BCUT2D eigenvalue weighted by Gasteiger charge is -2.19. The third-order valence-electron chi connectivity index (χ3n) is 4.92. The Bertz CT molecular complexity index is 1190. The summed E-state index contributed by atoms with van der Waals surface area (Å²) in [5.41, 5.74) is 1.78. The van der Waals surface area contributed by atoms with Crippen LogP contribution in [0.3, 0.4) is 0 Å². The topological polar surface area (TPSA) is 95.3 Å². The lowest BCUT2D eigenvalue weighted by atomic mass is 10.1.